The van der Waals surface area contributed by atoms with E-state index in [0.717, 1.165) is 54.1 Å². The first kappa shape index (κ1) is 25.7. The minimum atomic E-state index is -0.122. The number of nitrogens with one attached hydrogen (secondary N) is 1. The number of rotatable bonds is 6. The molecule has 6 nitrogen and oxygen atoms in total. The van der Waals surface area contributed by atoms with Crippen molar-refractivity contribution in [3.63, 3.8) is 0 Å². The highest BCUT2D eigenvalue weighted by molar-refractivity contribution is 5.95. The largest absolute Gasteiger partial charge is 0.394 e. The van der Waals surface area contributed by atoms with Crippen molar-refractivity contribution in [3.8, 4) is 12.3 Å². The molecule has 3 aromatic rings. The molecule has 0 aromatic heterocycles. The molecule has 0 radical (unpaired) electrons. The second-order valence-corrected chi connectivity index (χ2v) is 10.2. The van der Waals surface area contributed by atoms with Crippen molar-refractivity contribution in [2.45, 2.75) is 31.8 Å². The quantitative estimate of drug-likeness (QED) is 0.484. The maximum atomic E-state index is 13.5. The lowest BCUT2D eigenvalue weighted by molar-refractivity contribution is 0.0699. The molecule has 38 heavy (non-hydrogen) atoms. The van der Waals surface area contributed by atoms with Gasteiger partial charge in [0.1, 0.15) is 0 Å². The minimum Gasteiger partial charge on any atom is -0.394 e. The highest BCUT2D eigenvalue weighted by atomic mass is 16.3. The lowest BCUT2D eigenvalue weighted by atomic mass is 10.0. The van der Waals surface area contributed by atoms with Gasteiger partial charge < -0.3 is 25.1 Å². The number of benzene rings is 3. The standard InChI is InChI=1S/C32H36N4O2/c1-3-25-9-7-8-12-31(25)34-17-15-27(16-18-34)33-30-21-26(14-13-24(30)2)32(38)35-19-20-36(29(22-35)23-37)28-10-5-4-6-11-28/h1,4-14,21,27,29,33,37H,15-20,22-23H2,2H3/t29-/m1/s1. The maximum absolute atomic E-state index is 13.5. The third-order valence-electron chi connectivity index (χ3n) is 7.81. The Balaban J connectivity index is 1.22. The highest BCUT2D eigenvalue weighted by Gasteiger charge is 2.30. The third kappa shape index (κ3) is 5.49. The van der Waals surface area contributed by atoms with Crippen LogP contribution in [0.1, 0.15) is 34.3 Å². The molecule has 2 N–H and O–H groups in total. The number of piperidine rings is 1. The Kier molecular flexibility index (Phi) is 7.86. The Morgan fingerprint density at radius 1 is 1.00 bits per heavy atom. The van der Waals surface area contributed by atoms with Crippen LogP contribution in [0.2, 0.25) is 0 Å². The molecule has 0 unspecified atom stereocenters. The van der Waals surface area contributed by atoms with Crippen LogP contribution < -0.4 is 15.1 Å². The molecule has 0 spiro atoms. The van der Waals surface area contributed by atoms with E-state index in [4.69, 9.17) is 6.42 Å². The molecule has 5 rings (SSSR count). The van der Waals surface area contributed by atoms with E-state index >= 15 is 0 Å². The number of hydrogen-bond acceptors (Lipinski definition) is 5. The zero-order valence-corrected chi connectivity index (χ0v) is 22.0. The van der Waals surface area contributed by atoms with Gasteiger partial charge in [0.05, 0.1) is 18.3 Å². The van der Waals surface area contributed by atoms with Crippen LogP contribution in [0.25, 0.3) is 0 Å². The summed E-state index contributed by atoms with van der Waals surface area (Å²) in [7, 11) is 0. The van der Waals surface area contributed by atoms with Crippen LogP contribution in [0.3, 0.4) is 0 Å². The van der Waals surface area contributed by atoms with Crippen molar-refractivity contribution in [1.29, 1.82) is 0 Å². The first-order chi connectivity index (χ1) is 18.6. The van der Waals surface area contributed by atoms with E-state index in [1.54, 1.807) is 0 Å². The van der Waals surface area contributed by atoms with Crippen LogP contribution in [0.15, 0.2) is 72.8 Å². The Hall–Kier alpha value is -3.95. The second-order valence-electron chi connectivity index (χ2n) is 10.2. The number of piperazine rings is 1. The number of amides is 1. The molecule has 196 valence electrons. The van der Waals surface area contributed by atoms with Crippen molar-refractivity contribution in [2.24, 2.45) is 0 Å². The zero-order chi connectivity index (χ0) is 26.5. The topological polar surface area (TPSA) is 59.1 Å². The Morgan fingerprint density at radius 2 is 1.74 bits per heavy atom. The average molecular weight is 509 g/mol. The summed E-state index contributed by atoms with van der Waals surface area (Å²) < 4.78 is 0. The minimum absolute atomic E-state index is 0.00386. The number of nitrogens with zero attached hydrogens (tertiary/aromatic N) is 3. The fourth-order valence-corrected chi connectivity index (χ4v) is 5.60. The number of anilines is 3. The van der Waals surface area contributed by atoms with E-state index in [2.05, 4.69) is 46.2 Å². The molecule has 6 heteroatoms. The summed E-state index contributed by atoms with van der Waals surface area (Å²) in [6.07, 6.45) is 7.70. The van der Waals surface area contributed by atoms with Gasteiger partial charge in [0.2, 0.25) is 0 Å². The zero-order valence-electron chi connectivity index (χ0n) is 22.0. The van der Waals surface area contributed by atoms with Gasteiger partial charge in [-0.1, -0.05) is 42.3 Å². The normalized spacial score (nSPS) is 18.2. The summed E-state index contributed by atoms with van der Waals surface area (Å²) in [4.78, 5) is 19.9. The van der Waals surface area contributed by atoms with Crippen molar-refractivity contribution in [1.82, 2.24) is 4.90 Å². The van der Waals surface area contributed by atoms with Gasteiger partial charge in [-0.2, -0.15) is 0 Å². The van der Waals surface area contributed by atoms with Crippen molar-refractivity contribution >= 4 is 23.0 Å². The molecule has 2 aliphatic heterocycles. The van der Waals surface area contributed by atoms with Gasteiger partial charge in [-0.05, 0) is 61.7 Å². The Labute approximate surface area is 225 Å². The van der Waals surface area contributed by atoms with Gasteiger partial charge in [-0.25, -0.2) is 0 Å². The summed E-state index contributed by atoms with van der Waals surface area (Å²) in [5.74, 6) is 2.82. The van der Waals surface area contributed by atoms with Crippen LogP contribution in [0.5, 0.6) is 0 Å². The van der Waals surface area contributed by atoms with E-state index in [-0.39, 0.29) is 18.6 Å². The fraction of sp³-hybridized carbons (Fsp3) is 0.344. The van der Waals surface area contributed by atoms with E-state index in [0.29, 0.717) is 31.2 Å². The molecular weight excluding hydrogens is 472 g/mol. The summed E-state index contributed by atoms with van der Waals surface area (Å²) in [5.41, 5.74) is 5.97. The fourth-order valence-electron chi connectivity index (χ4n) is 5.60. The molecule has 2 fully saturated rings. The summed E-state index contributed by atoms with van der Waals surface area (Å²) in [5, 5.41) is 13.8. The molecule has 1 atom stereocenters. The van der Waals surface area contributed by atoms with Crippen LogP contribution in [0, 0.1) is 19.3 Å². The lowest BCUT2D eigenvalue weighted by Gasteiger charge is -2.42. The van der Waals surface area contributed by atoms with Gasteiger partial charge in [0.25, 0.3) is 5.91 Å². The number of hydrogen-bond donors (Lipinski definition) is 2. The molecule has 0 bridgehead atoms. The monoisotopic (exact) mass is 508 g/mol. The molecule has 0 saturated carbocycles. The average Bonchev–Trinajstić information content (AvgIpc) is 2.98. The number of aliphatic hydroxyl groups is 1. The number of para-hydroxylation sites is 2. The summed E-state index contributed by atoms with van der Waals surface area (Å²) >= 11 is 0. The Bertz CT molecular complexity index is 1290. The second kappa shape index (κ2) is 11.6. The number of terminal acetylenes is 1. The number of aryl methyl sites for hydroxylation is 1. The molecule has 3 aromatic carbocycles. The lowest BCUT2D eigenvalue weighted by Crippen LogP contribution is -2.56. The molecule has 2 saturated heterocycles. The maximum Gasteiger partial charge on any atom is 0.254 e. The van der Waals surface area contributed by atoms with Crippen LogP contribution in [-0.4, -0.2) is 67.3 Å². The van der Waals surface area contributed by atoms with Gasteiger partial charge >= 0.3 is 0 Å². The van der Waals surface area contributed by atoms with Crippen LogP contribution in [-0.2, 0) is 0 Å². The van der Waals surface area contributed by atoms with Crippen molar-refractivity contribution in [2.75, 3.05) is 54.4 Å². The first-order valence-electron chi connectivity index (χ1n) is 13.5. The van der Waals surface area contributed by atoms with E-state index in [1.807, 2.05) is 59.5 Å². The van der Waals surface area contributed by atoms with Gasteiger partial charge in [0, 0.05) is 61.3 Å². The highest BCUT2D eigenvalue weighted by Crippen LogP contribution is 2.27. The molecular formula is C32H36N4O2. The van der Waals surface area contributed by atoms with Gasteiger partial charge in [0.15, 0.2) is 0 Å². The van der Waals surface area contributed by atoms with Crippen molar-refractivity contribution < 1.29 is 9.90 Å². The summed E-state index contributed by atoms with van der Waals surface area (Å²) in [6.45, 7) is 5.76. The molecule has 2 aliphatic rings. The van der Waals surface area contributed by atoms with Gasteiger partial charge in [-0.3, -0.25) is 4.79 Å². The molecule has 1 amide bonds. The predicted molar refractivity (Wildman–Crippen MR) is 155 cm³/mol. The first-order valence-corrected chi connectivity index (χ1v) is 13.5. The van der Waals surface area contributed by atoms with Crippen LogP contribution >= 0.6 is 0 Å². The SMILES string of the molecule is C#Cc1ccccc1N1CCC(Nc2cc(C(=O)N3CCN(c4ccccc4)[C@@H](CO)C3)ccc2C)CC1. The predicted octanol–water partition coefficient (Wildman–Crippen LogP) is 4.38. The summed E-state index contributed by atoms with van der Waals surface area (Å²) in [6, 6.07) is 24.4. The van der Waals surface area contributed by atoms with Gasteiger partial charge in [-0.15, -0.1) is 6.42 Å². The van der Waals surface area contributed by atoms with Crippen molar-refractivity contribution in [3.05, 3.63) is 89.5 Å². The van der Waals surface area contributed by atoms with E-state index in [9.17, 15) is 9.90 Å². The number of carbonyl (C=O) groups excluding carboxylic acids is 1. The van der Waals surface area contributed by atoms with E-state index < -0.39 is 0 Å². The smallest absolute Gasteiger partial charge is 0.254 e. The number of aliphatic hydroxyl groups excluding tert-OH is 1. The van der Waals surface area contributed by atoms with E-state index in [1.165, 1.54) is 0 Å². The Morgan fingerprint density at radius 3 is 2.47 bits per heavy atom. The number of carbonyl (C=O) groups is 1. The van der Waals surface area contributed by atoms with Crippen LogP contribution in [0.4, 0.5) is 17.1 Å². The third-order valence-corrected chi connectivity index (χ3v) is 7.81. The molecule has 2 heterocycles. The molecule has 0 aliphatic carbocycles.